The first-order valence-electron chi connectivity index (χ1n) is 7.92. The molecule has 0 aromatic heterocycles. The van der Waals surface area contributed by atoms with E-state index in [0.717, 1.165) is 0 Å². The molecule has 7 heteroatoms. The lowest BCUT2D eigenvalue weighted by Gasteiger charge is -2.39. The maximum Gasteiger partial charge on any atom is 0.311 e. The minimum atomic E-state index is -0.976. The summed E-state index contributed by atoms with van der Waals surface area (Å²) in [5.41, 5.74) is -0.0950. The normalized spacial score (nSPS) is 26.5. The predicted octanol–water partition coefficient (Wildman–Crippen LogP) is 1.96. The van der Waals surface area contributed by atoms with Gasteiger partial charge in [-0.25, -0.2) is 4.39 Å². The summed E-state index contributed by atoms with van der Waals surface area (Å²) in [7, 11) is 0. The number of hydrogen-bond acceptors (Lipinski definition) is 3. The third kappa shape index (κ3) is 2.86. The van der Waals surface area contributed by atoms with Crippen molar-refractivity contribution in [1.29, 1.82) is 0 Å². The Kier molecular flexibility index (Phi) is 4.03. The highest BCUT2D eigenvalue weighted by Gasteiger charge is 2.42. The van der Waals surface area contributed by atoms with Crippen LogP contribution in [0.3, 0.4) is 0 Å². The van der Waals surface area contributed by atoms with Gasteiger partial charge in [-0.2, -0.15) is 0 Å². The number of amides is 2. The van der Waals surface area contributed by atoms with Crippen LogP contribution in [-0.2, 0) is 14.4 Å². The van der Waals surface area contributed by atoms with Crippen molar-refractivity contribution in [1.82, 2.24) is 4.90 Å². The maximum absolute atomic E-state index is 13.4. The molecule has 1 fully saturated rings. The van der Waals surface area contributed by atoms with Crippen molar-refractivity contribution in [2.75, 3.05) is 18.4 Å². The number of piperidine rings is 1. The largest absolute Gasteiger partial charge is 0.481 e. The van der Waals surface area contributed by atoms with E-state index in [4.69, 9.17) is 0 Å². The van der Waals surface area contributed by atoms with E-state index < -0.39 is 23.1 Å². The molecule has 6 nitrogen and oxygen atoms in total. The topological polar surface area (TPSA) is 86.7 Å². The fraction of sp³-hybridized carbons (Fsp3) is 0.471. The number of nitrogens with one attached hydrogen (secondary N) is 1. The van der Waals surface area contributed by atoms with Crippen LogP contribution in [0.25, 0.3) is 0 Å². The molecule has 0 aliphatic carbocycles. The van der Waals surface area contributed by atoms with E-state index in [1.54, 1.807) is 6.92 Å². The van der Waals surface area contributed by atoms with Crippen LogP contribution in [0.2, 0.25) is 0 Å². The van der Waals surface area contributed by atoms with E-state index in [-0.39, 0.29) is 24.8 Å². The average molecular weight is 334 g/mol. The number of nitrogens with zero attached hydrogens (tertiary/aromatic N) is 1. The minimum Gasteiger partial charge on any atom is -0.481 e. The second-order valence-corrected chi connectivity index (χ2v) is 6.77. The Morgan fingerprint density at radius 3 is 2.88 bits per heavy atom. The first-order chi connectivity index (χ1) is 11.3. The number of anilines is 1. The van der Waals surface area contributed by atoms with Gasteiger partial charge in [0.25, 0.3) is 0 Å². The lowest BCUT2D eigenvalue weighted by molar-refractivity contribution is -0.154. The predicted molar refractivity (Wildman–Crippen MR) is 83.9 cm³/mol. The smallest absolute Gasteiger partial charge is 0.311 e. The molecule has 0 radical (unpaired) electrons. The molecule has 2 aliphatic rings. The molecule has 2 amide bonds. The van der Waals surface area contributed by atoms with Crippen molar-refractivity contribution in [3.8, 4) is 0 Å². The van der Waals surface area contributed by atoms with E-state index in [9.17, 15) is 23.9 Å². The molecule has 1 aromatic rings. The van der Waals surface area contributed by atoms with E-state index in [1.807, 2.05) is 0 Å². The molecule has 2 aliphatic heterocycles. The molecule has 128 valence electrons. The average Bonchev–Trinajstić information content (AvgIpc) is 2.52. The zero-order valence-electron chi connectivity index (χ0n) is 13.3. The van der Waals surface area contributed by atoms with Gasteiger partial charge < -0.3 is 15.3 Å². The molecule has 1 aromatic carbocycles. The van der Waals surface area contributed by atoms with Crippen molar-refractivity contribution in [3.63, 3.8) is 0 Å². The van der Waals surface area contributed by atoms with Crippen molar-refractivity contribution in [2.45, 2.75) is 32.1 Å². The second kappa shape index (κ2) is 5.89. The lowest BCUT2D eigenvalue weighted by Crippen LogP contribution is -2.50. The molecule has 2 unspecified atom stereocenters. The van der Waals surface area contributed by atoms with Gasteiger partial charge in [-0.3, -0.25) is 14.4 Å². The van der Waals surface area contributed by atoms with Crippen molar-refractivity contribution in [2.24, 2.45) is 5.41 Å². The van der Waals surface area contributed by atoms with Gasteiger partial charge in [-0.05, 0) is 37.5 Å². The summed E-state index contributed by atoms with van der Waals surface area (Å²) in [6.45, 7) is 2.22. The summed E-state index contributed by atoms with van der Waals surface area (Å²) in [6.07, 6.45) is 1.10. The molecule has 1 saturated heterocycles. The fourth-order valence-corrected chi connectivity index (χ4v) is 3.48. The monoisotopic (exact) mass is 334 g/mol. The number of halogens is 1. The number of carbonyl (C=O) groups is 3. The van der Waals surface area contributed by atoms with Crippen LogP contribution in [0.4, 0.5) is 10.1 Å². The molecule has 24 heavy (non-hydrogen) atoms. The van der Waals surface area contributed by atoms with Gasteiger partial charge in [-0.1, -0.05) is 6.07 Å². The highest BCUT2D eigenvalue weighted by molar-refractivity contribution is 6.01. The molecule has 2 N–H and O–H groups in total. The Labute approximate surface area is 138 Å². The van der Waals surface area contributed by atoms with Crippen LogP contribution < -0.4 is 5.32 Å². The number of carboxylic acids is 1. The maximum atomic E-state index is 13.4. The van der Waals surface area contributed by atoms with Gasteiger partial charge in [0.2, 0.25) is 11.8 Å². The first-order valence-corrected chi connectivity index (χ1v) is 7.92. The van der Waals surface area contributed by atoms with E-state index in [1.165, 1.54) is 23.1 Å². The van der Waals surface area contributed by atoms with Gasteiger partial charge in [-0.15, -0.1) is 0 Å². The number of carboxylic acid groups (broad SMARTS) is 1. The van der Waals surface area contributed by atoms with Crippen LogP contribution in [0.15, 0.2) is 18.2 Å². The van der Waals surface area contributed by atoms with Crippen LogP contribution in [0.5, 0.6) is 0 Å². The van der Waals surface area contributed by atoms with Gasteiger partial charge in [0, 0.05) is 25.2 Å². The minimum absolute atomic E-state index is 0.0161. The summed E-state index contributed by atoms with van der Waals surface area (Å²) < 4.78 is 13.4. The Balaban J connectivity index is 1.88. The molecule has 2 atom stereocenters. The fourth-order valence-electron chi connectivity index (χ4n) is 3.48. The highest BCUT2D eigenvalue weighted by Crippen LogP contribution is 2.36. The summed E-state index contributed by atoms with van der Waals surface area (Å²) >= 11 is 0. The number of fused-ring (bicyclic) bond motifs is 1. The van der Waals surface area contributed by atoms with Gasteiger partial charge in [0.1, 0.15) is 5.82 Å². The molecular formula is C17H19FN2O4. The van der Waals surface area contributed by atoms with E-state index in [0.29, 0.717) is 30.6 Å². The molecular weight excluding hydrogens is 315 g/mol. The van der Waals surface area contributed by atoms with Crippen LogP contribution in [0, 0.1) is 11.2 Å². The summed E-state index contributed by atoms with van der Waals surface area (Å²) in [6, 6.07) is 3.96. The molecule has 0 spiro atoms. The quantitative estimate of drug-likeness (QED) is 0.866. The summed E-state index contributed by atoms with van der Waals surface area (Å²) in [5, 5.41) is 12.0. The van der Waals surface area contributed by atoms with Crippen molar-refractivity contribution >= 4 is 23.5 Å². The molecule has 0 bridgehead atoms. The molecule has 0 saturated carbocycles. The Hall–Kier alpha value is -2.44. The SMILES string of the molecule is CC1(C(=O)O)CCCN(C(=O)C2CC(=O)Nc3cc(F)ccc32)C1. The standard InChI is InChI=1S/C17H19FN2O4/c1-17(16(23)24)5-2-6-20(9-17)15(22)12-8-14(21)19-13-7-10(18)3-4-11(12)13/h3-4,7,12H,2,5-6,8-9H2,1H3,(H,19,21)(H,23,24). The number of hydrogen-bond donors (Lipinski definition) is 2. The lowest BCUT2D eigenvalue weighted by atomic mass is 9.81. The number of aliphatic carboxylic acids is 1. The molecule has 2 heterocycles. The Morgan fingerprint density at radius 2 is 2.17 bits per heavy atom. The number of carbonyl (C=O) groups excluding carboxylic acids is 2. The third-order valence-corrected chi connectivity index (χ3v) is 4.88. The van der Waals surface area contributed by atoms with E-state index >= 15 is 0 Å². The number of benzene rings is 1. The number of likely N-dealkylation sites (tertiary alicyclic amines) is 1. The van der Waals surface area contributed by atoms with Crippen molar-refractivity contribution in [3.05, 3.63) is 29.6 Å². The van der Waals surface area contributed by atoms with Crippen molar-refractivity contribution < 1.29 is 23.9 Å². The van der Waals surface area contributed by atoms with E-state index in [2.05, 4.69) is 5.32 Å². The third-order valence-electron chi connectivity index (χ3n) is 4.88. The van der Waals surface area contributed by atoms with Crippen LogP contribution >= 0.6 is 0 Å². The first kappa shape index (κ1) is 16.4. The summed E-state index contributed by atoms with van der Waals surface area (Å²) in [5.74, 6) is -2.73. The Bertz CT molecular complexity index is 721. The zero-order chi connectivity index (χ0) is 17.5. The van der Waals surface area contributed by atoms with Gasteiger partial charge in [0.15, 0.2) is 0 Å². The highest BCUT2D eigenvalue weighted by atomic mass is 19.1. The van der Waals surface area contributed by atoms with Crippen LogP contribution in [0.1, 0.15) is 37.7 Å². The van der Waals surface area contributed by atoms with Gasteiger partial charge in [0.05, 0.1) is 11.3 Å². The zero-order valence-corrected chi connectivity index (χ0v) is 13.3. The second-order valence-electron chi connectivity index (χ2n) is 6.77. The number of rotatable bonds is 2. The Morgan fingerprint density at radius 1 is 1.42 bits per heavy atom. The molecule has 3 rings (SSSR count). The van der Waals surface area contributed by atoms with Gasteiger partial charge >= 0.3 is 5.97 Å². The van der Waals surface area contributed by atoms with Crippen LogP contribution in [-0.4, -0.2) is 40.9 Å². The summed E-state index contributed by atoms with van der Waals surface area (Å²) in [4.78, 5) is 37.8.